The Balaban J connectivity index is 0. The molecule has 4 nitrogen and oxygen atoms in total. The third-order valence-electron chi connectivity index (χ3n) is 2.03. The Labute approximate surface area is 104 Å². The number of carboxylic acids is 1. The van der Waals surface area contributed by atoms with Gasteiger partial charge < -0.3 is 15.2 Å². The van der Waals surface area contributed by atoms with Gasteiger partial charge in [0.1, 0.15) is 6.04 Å². The quantitative estimate of drug-likeness (QED) is 0.681. The number of aliphatic carboxylic acids is 1. The van der Waals surface area contributed by atoms with Crippen molar-refractivity contribution in [3.05, 3.63) is 0 Å². The zero-order chi connectivity index (χ0) is 11.9. The topological polar surface area (TPSA) is 58.6 Å². The van der Waals surface area contributed by atoms with E-state index >= 15 is 0 Å². The summed E-state index contributed by atoms with van der Waals surface area (Å²) in [6.07, 6.45) is 0.936. The van der Waals surface area contributed by atoms with Crippen LogP contribution in [0.15, 0.2) is 0 Å². The Kier molecular flexibility index (Phi) is 9.92. The predicted octanol–water partition coefficient (Wildman–Crippen LogP) is 1.92. The molecule has 5 heteroatoms. The van der Waals surface area contributed by atoms with Crippen LogP contribution in [-0.2, 0) is 9.53 Å². The standard InChI is InChI=1S/C11H23NO3.ClH/c1-5-12-9(10(13)14)8-15-7-6-11(2,3)4;/h9,12H,5-8H2,1-4H3,(H,13,14);1H/t9-;/m0./s1. The maximum atomic E-state index is 10.7. The van der Waals surface area contributed by atoms with Gasteiger partial charge in [0.25, 0.3) is 0 Å². The maximum Gasteiger partial charge on any atom is 0.323 e. The Morgan fingerprint density at radius 3 is 2.38 bits per heavy atom. The van der Waals surface area contributed by atoms with Gasteiger partial charge in [0.15, 0.2) is 0 Å². The Bertz CT molecular complexity index is 192. The molecule has 0 bridgehead atoms. The number of carbonyl (C=O) groups is 1. The lowest BCUT2D eigenvalue weighted by Crippen LogP contribution is -2.40. The first-order valence-electron chi connectivity index (χ1n) is 5.40. The van der Waals surface area contributed by atoms with Gasteiger partial charge in [0, 0.05) is 6.61 Å². The number of carboxylic acid groups (broad SMARTS) is 1. The van der Waals surface area contributed by atoms with Crippen molar-refractivity contribution in [2.24, 2.45) is 5.41 Å². The van der Waals surface area contributed by atoms with Crippen molar-refractivity contribution in [1.82, 2.24) is 5.32 Å². The molecule has 0 aliphatic rings. The highest BCUT2D eigenvalue weighted by Gasteiger charge is 2.16. The van der Waals surface area contributed by atoms with E-state index in [2.05, 4.69) is 26.1 Å². The van der Waals surface area contributed by atoms with E-state index in [9.17, 15) is 4.79 Å². The summed E-state index contributed by atoms with van der Waals surface area (Å²) in [6, 6.07) is -0.588. The van der Waals surface area contributed by atoms with Crippen LogP contribution in [0.5, 0.6) is 0 Å². The minimum absolute atomic E-state index is 0. The van der Waals surface area contributed by atoms with Gasteiger partial charge in [-0.3, -0.25) is 4.79 Å². The molecule has 0 rings (SSSR count). The van der Waals surface area contributed by atoms with Crippen molar-refractivity contribution in [2.75, 3.05) is 19.8 Å². The monoisotopic (exact) mass is 253 g/mol. The Morgan fingerprint density at radius 1 is 1.44 bits per heavy atom. The van der Waals surface area contributed by atoms with E-state index in [1.165, 1.54) is 0 Å². The molecule has 0 aliphatic carbocycles. The van der Waals surface area contributed by atoms with Gasteiger partial charge in [-0.2, -0.15) is 0 Å². The van der Waals surface area contributed by atoms with Gasteiger partial charge in [-0.15, -0.1) is 12.4 Å². The fourth-order valence-electron chi connectivity index (χ4n) is 1.04. The zero-order valence-corrected chi connectivity index (χ0v) is 11.4. The van der Waals surface area contributed by atoms with Crippen LogP contribution in [0.2, 0.25) is 0 Å². The van der Waals surface area contributed by atoms with Crippen molar-refractivity contribution in [3.63, 3.8) is 0 Å². The van der Waals surface area contributed by atoms with Crippen molar-refractivity contribution in [3.8, 4) is 0 Å². The van der Waals surface area contributed by atoms with E-state index in [-0.39, 0.29) is 24.4 Å². The molecular formula is C11H24ClNO3. The summed E-state index contributed by atoms with van der Waals surface area (Å²) < 4.78 is 5.34. The fourth-order valence-corrected chi connectivity index (χ4v) is 1.04. The first-order chi connectivity index (χ1) is 6.87. The number of rotatable bonds is 7. The summed E-state index contributed by atoms with van der Waals surface area (Å²) in [5.74, 6) is -0.854. The van der Waals surface area contributed by atoms with Crippen LogP contribution in [0.4, 0.5) is 0 Å². The number of nitrogens with one attached hydrogen (secondary N) is 1. The van der Waals surface area contributed by atoms with E-state index in [4.69, 9.17) is 9.84 Å². The molecule has 0 unspecified atom stereocenters. The fraction of sp³-hybridized carbons (Fsp3) is 0.909. The molecule has 0 aromatic rings. The molecular weight excluding hydrogens is 230 g/mol. The molecule has 0 aromatic heterocycles. The second-order valence-corrected chi connectivity index (χ2v) is 4.83. The largest absolute Gasteiger partial charge is 0.480 e. The molecule has 0 saturated heterocycles. The molecule has 98 valence electrons. The van der Waals surface area contributed by atoms with Gasteiger partial charge in [0.2, 0.25) is 0 Å². The third kappa shape index (κ3) is 10.2. The van der Waals surface area contributed by atoms with Gasteiger partial charge in [0.05, 0.1) is 6.61 Å². The minimum Gasteiger partial charge on any atom is -0.480 e. The molecule has 0 aromatic carbocycles. The lowest BCUT2D eigenvalue weighted by atomic mass is 9.93. The predicted molar refractivity (Wildman–Crippen MR) is 67.2 cm³/mol. The summed E-state index contributed by atoms with van der Waals surface area (Å²) >= 11 is 0. The average molecular weight is 254 g/mol. The lowest BCUT2D eigenvalue weighted by Gasteiger charge is -2.19. The van der Waals surface area contributed by atoms with E-state index < -0.39 is 12.0 Å². The molecule has 0 fully saturated rings. The third-order valence-corrected chi connectivity index (χ3v) is 2.03. The van der Waals surface area contributed by atoms with Crippen LogP contribution in [0.3, 0.4) is 0 Å². The van der Waals surface area contributed by atoms with E-state index in [0.29, 0.717) is 13.2 Å². The van der Waals surface area contributed by atoms with Crippen LogP contribution in [-0.4, -0.2) is 36.9 Å². The maximum absolute atomic E-state index is 10.7. The summed E-state index contributed by atoms with van der Waals surface area (Å²) in [5, 5.41) is 11.7. The highest BCUT2D eigenvalue weighted by molar-refractivity contribution is 5.85. The number of hydrogen-bond acceptors (Lipinski definition) is 3. The average Bonchev–Trinajstić information content (AvgIpc) is 2.08. The number of hydrogen-bond donors (Lipinski definition) is 2. The van der Waals surface area contributed by atoms with Gasteiger partial charge in [-0.1, -0.05) is 27.7 Å². The molecule has 0 saturated carbocycles. The van der Waals surface area contributed by atoms with E-state index in [1.807, 2.05) is 6.92 Å². The summed E-state index contributed by atoms with van der Waals surface area (Å²) in [5.41, 5.74) is 0.233. The lowest BCUT2D eigenvalue weighted by molar-refractivity contribution is -0.141. The first kappa shape index (κ1) is 18.1. The first-order valence-corrected chi connectivity index (χ1v) is 5.40. The van der Waals surface area contributed by atoms with Crippen molar-refractivity contribution >= 4 is 18.4 Å². The van der Waals surface area contributed by atoms with Crippen LogP contribution in [0, 0.1) is 5.41 Å². The van der Waals surface area contributed by atoms with Crippen molar-refractivity contribution < 1.29 is 14.6 Å². The van der Waals surface area contributed by atoms with E-state index in [1.54, 1.807) is 0 Å². The molecule has 0 amide bonds. The normalized spacial score (nSPS) is 13.0. The SMILES string of the molecule is CCN[C@@H](COCCC(C)(C)C)C(=O)O.Cl. The van der Waals surface area contributed by atoms with Crippen LogP contribution in [0.25, 0.3) is 0 Å². The smallest absolute Gasteiger partial charge is 0.323 e. The van der Waals surface area contributed by atoms with Crippen molar-refractivity contribution in [1.29, 1.82) is 0 Å². The van der Waals surface area contributed by atoms with Gasteiger partial charge >= 0.3 is 5.97 Å². The molecule has 0 spiro atoms. The minimum atomic E-state index is -0.854. The summed E-state index contributed by atoms with van der Waals surface area (Å²) in [4.78, 5) is 10.7. The second-order valence-electron chi connectivity index (χ2n) is 4.83. The van der Waals surface area contributed by atoms with Crippen LogP contribution in [0.1, 0.15) is 34.1 Å². The molecule has 1 atom stereocenters. The Morgan fingerprint density at radius 2 is 2.00 bits per heavy atom. The zero-order valence-electron chi connectivity index (χ0n) is 10.6. The molecule has 0 aliphatic heterocycles. The molecule has 16 heavy (non-hydrogen) atoms. The van der Waals surface area contributed by atoms with Crippen LogP contribution >= 0.6 is 12.4 Å². The highest BCUT2D eigenvalue weighted by atomic mass is 35.5. The van der Waals surface area contributed by atoms with Gasteiger partial charge in [-0.05, 0) is 18.4 Å². The second kappa shape index (κ2) is 8.79. The molecule has 0 radical (unpaired) electrons. The number of ether oxygens (including phenoxy) is 1. The van der Waals surface area contributed by atoms with Gasteiger partial charge in [-0.25, -0.2) is 0 Å². The van der Waals surface area contributed by atoms with Crippen molar-refractivity contribution in [2.45, 2.75) is 40.2 Å². The highest BCUT2D eigenvalue weighted by Crippen LogP contribution is 2.17. The van der Waals surface area contributed by atoms with Crippen LogP contribution < -0.4 is 5.32 Å². The number of halogens is 1. The number of likely N-dealkylation sites (N-methyl/N-ethyl adjacent to an activating group) is 1. The van der Waals surface area contributed by atoms with E-state index in [0.717, 1.165) is 6.42 Å². The summed E-state index contributed by atoms with van der Waals surface area (Å²) in [6.45, 7) is 9.77. The molecule has 0 heterocycles. The Hall–Kier alpha value is -0.320. The summed E-state index contributed by atoms with van der Waals surface area (Å²) in [7, 11) is 0. The molecule has 2 N–H and O–H groups in total.